The first-order chi connectivity index (χ1) is 14.2. The summed E-state index contributed by atoms with van der Waals surface area (Å²) in [5.41, 5.74) is 1.94. The number of nitrogens with zero attached hydrogens (tertiary/aromatic N) is 1. The van der Waals surface area contributed by atoms with E-state index in [0.717, 1.165) is 17.0 Å². The Morgan fingerprint density at radius 2 is 1.83 bits per heavy atom. The molecule has 0 unspecified atom stereocenters. The molecule has 1 amide bonds. The summed E-state index contributed by atoms with van der Waals surface area (Å²) in [4.78, 5) is 26.1. The van der Waals surface area contributed by atoms with E-state index in [1.165, 1.54) is 0 Å². The number of carbonyl (C=O) groups excluding carboxylic acids is 2. The van der Waals surface area contributed by atoms with Gasteiger partial charge in [0.25, 0.3) is 0 Å². The Bertz CT molecular complexity index is 802. The number of likely N-dealkylation sites (tertiary alicyclic amines) is 1. The summed E-state index contributed by atoms with van der Waals surface area (Å²) < 4.78 is 10.9. The molecule has 0 atom stereocenters. The van der Waals surface area contributed by atoms with E-state index in [1.807, 2.05) is 61.5 Å². The van der Waals surface area contributed by atoms with E-state index >= 15 is 0 Å². The summed E-state index contributed by atoms with van der Waals surface area (Å²) in [6.45, 7) is 4.10. The molecule has 1 saturated heterocycles. The number of rotatable bonds is 8. The molecule has 1 aliphatic rings. The van der Waals surface area contributed by atoms with Gasteiger partial charge in [-0.25, -0.2) is 0 Å². The van der Waals surface area contributed by atoms with Crippen LogP contribution < -0.4 is 10.1 Å². The number of hydrogen-bond donors (Lipinski definition) is 1. The van der Waals surface area contributed by atoms with Gasteiger partial charge in [-0.3, -0.25) is 9.59 Å². The summed E-state index contributed by atoms with van der Waals surface area (Å²) in [6.07, 6.45) is 1.32. The van der Waals surface area contributed by atoms with Gasteiger partial charge in [0.2, 0.25) is 5.91 Å². The number of esters is 1. The van der Waals surface area contributed by atoms with E-state index < -0.39 is 0 Å². The highest BCUT2D eigenvalue weighted by Gasteiger charge is 2.27. The van der Waals surface area contributed by atoms with Crippen LogP contribution in [0.4, 0.5) is 5.69 Å². The predicted molar refractivity (Wildman–Crippen MR) is 112 cm³/mol. The topological polar surface area (TPSA) is 67.9 Å². The van der Waals surface area contributed by atoms with Crippen molar-refractivity contribution in [2.45, 2.75) is 26.4 Å². The van der Waals surface area contributed by atoms with Gasteiger partial charge in [-0.1, -0.05) is 36.4 Å². The maximum atomic E-state index is 12.5. The van der Waals surface area contributed by atoms with Crippen molar-refractivity contribution in [1.82, 2.24) is 4.90 Å². The molecule has 1 aliphatic heterocycles. The zero-order valence-electron chi connectivity index (χ0n) is 16.8. The van der Waals surface area contributed by atoms with Crippen LogP contribution in [0, 0.1) is 5.92 Å². The number of hydrogen-bond acceptors (Lipinski definition) is 5. The molecule has 1 N–H and O–H groups in total. The quantitative estimate of drug-likeness (QED) is 0.692. The summed E-state index contributed by atoms with van der Waals surface area (Å²) in [5.74, 6) is 0.542. The van der Waals surface area contributed by atoms with Gasteiger partial charge in [0.1, 0.15) is 12.4 Å². The first-order valence-electron chi connectivity index (χ1n) is 10.1. The predicted octanol–water partition coefficient (Wildman–Crippen LogP) is 3.48. The average Bonchev–Trinajstić information content (AvgIpc) is 2.77. The number of ether oxygens (including phenoxy) is 2. The van der Waals surface area contributed by atoms with E-state index in [-0.39, 0.29) is 24.3 Å². The van der Waals surface area contributed by atoms with Gasteiger partial charge in [0.15, 0.2) is 0 Å². The fraction of sp³-hybridized carbons (Fsp3) is 0.391. The number of piperidine rings is 1. The molecule has 2 aromatic rings. The number of nitrogens with one attached hydrogen (secondary N) is 1. The Morgan fingerprint density at radius 1 is 1.07 bits per heavy atom. The van der Waals surface area contributed by atoms with Crippen LogP contribution in [-0.4, -0.2) is 43.0 Å². The second-order valence-corrected chi connectivity index (χ2v) is 7.06. The minimum atomic E-state index is -0.148. The molecule has 6 nitrogen and oxygen atoms in total. The second kappa shape index (κ2) is 10.5. The van der Waals surface area contributed by atoms with E-state index in [9.17, 15) is 9.59 Å². The monoisotopic (exact) mass is 396 g/mol. The van der Waals surface area contributed by atoms with Gasteiger partial charge in [-0.2, -0.15) is 0 Å². The van der Waals surface area contributed by atoms with Crippen LogP contribution in [0.5, 0.6) is 5.75 Å². The normalized spacial score (nSPS) is 14.3. The molecule has 1 fully saturated rings. The van der Waals surface area contributed by atoms with Crippen molar-refractivity contribution < 1.29 is 19.1 Å². The van der Waals surface area contributed by atoms with Crippen LogP contribution in [0.1, 0.15) is 25.3 Å². The minimum Gasteiger partial charge on any atom is -0.489 e. The molecule has 0 spiro atoms. The molecule has 0 bridgehead atoms. The van der Waals surface area contributed by atoms with Gasteiger partial charge >= 0.3 is 5.97 Å². The summed E-state index contributed by atoms with van der Waals surface area (Å²) in [7, 11) is 0. The molecular formula is C23H28N2O4. The zero-order chi connectivity index (χ0) is 20.5. The van der Waals surface area contributed by atoms with Crippen molar-refractivity contribution >= 4 is 17.6 Å². The maximum absolute atomic E-state index is 12.5. The lowest BCUT2D eigenvalue weighted by Gasteiger charge is -2.31. The Labute approximate surface area is 171 Å². The molecule has 0 aliphatic carbocycles. The molecule has 0 radical (unpaired) electrons. The fourth-order valence-electron chi connectivity index (χ4n) is 3.35. The average molecular weight is 396 g/mol. The minimum absolute atomic E-state index is 0.0305. The standard InChI is InChI=1S/C23H28N2O4/c1-2-28-23(27)19-11-13-25(14-12-19)22(26)16-24-20-9-6-10-21(15-20)29-17-18-7-4-3-5-8-18/h3-10,15,19,24H,2,11-14,16-17H2,1H3. The van der Waals surface area contributed by atoms with Crippen LogP contribution in [0.2, 0.25) is 0 Å². The molecule has 0 saturated carbocycles. The molecule has 154 valence electrons. The molecular weight excluding hydrogens is 368 g/mol. The number of carbonyl (C=O) groups is 2. The van der Waals surface area contributed by atoms with Crippen molar-refractivity contribution in [2.24, 2.45) is 5.92 Å². The molecule has 2 aromatic carbocycles. The zero-order valence-corrected chi connectivity index (χ0v) is 16.8. The first-order valence-corrected chi connectivity index (χ1v) is 10.1. The maximum Gasteiger partial charge on any atom is 0.309 e. The van der Waals surface area contributed by atoms with Crippen molar-refractivity contribution in [3.8, 4) is 5.75 Å². The van der Waals surface area contributed by atoms with E-state index in [2.05, 4.69) is 5.32 Å². The first kappa shape index (κ1) is 20.7. The molecule has 3 rings (SSSR count). The molecule has 0 aromatic heterocycles. The lowest BCUT2D eigenvalue weighted by molar-refractivity contribution is -0.151. The third-order valence-corrected chi connectivity index (χ3v) is 4.99. The van der Waals surface area contributed by atoms with Gasteiger partial charge in [-0.15, -0.1) is 0 Å². The van der Waals surface area contributed by atoms with Gasteiger partial charge in [-0.05, 0) is 37.5 Å². The summed E-state index contributed by atoms with van der Waals surface area (Å²) in [6, 6.07) is 17.6. The van der Waals surface area contributed by atoms with Crippen molar-refractivity contribution in [1.29, 1.82) is 0 Å². The van der Waals surface area contributed by atoms with Crippen molar-refractivity contribution in [2.75, 3.05) is 31.6 Å². The molecule has 29 heavy (non-hydrogen) atoms. The second-order valence-electron chi connectivity index (χ2n) is 7.06. The Hall–Kier alpha value is -3.02. The smallest absolute Gasteiger partial charge is 0.309 e. The SMILES string of the molecule is CCOC(=O)C1CCN(C(=O)CNc2cccc(OCc3ccccc3)c2)CC1. The van der Waals surface area contributed by atoms with Crippen LogP contribution in [0.25, 0.3) is 0 Å². The van der Waals surface area contributed by atoms with Crippen molar-refractivity contribution in [3.05, 3.63) is 60.2 Å². The van der Waals surface area contributed by atoms with Crippen LogP contribution >= 0.6 is 0 Å². The Balaban J connectivity index is 1.44. The van der Waals surface area contributed by atoms with Crippen molar-refractivity contribution in [3.63, 3.8) is 0 Å². The van der Waals surface area contributed by atoms with Crippen LogP contribution in [0.15, 0.2) is 54.6 Å². The van der Waals surface area contributed by atoms with Crippen LogP contribution in [-0.2, 0) is 20.9 Å². The van der Waals surface area contributed by atoms with Gasteiger partial charge < -0.3 is 19.7 Å². The van der Waals surface area contributed by atoms with Gasteiger partial charge in [0, 0.05) is 24.8 Å². The van der Waals surface area contributed by atoms with Gasteiger partial charge in [0.05, 0.1) is 19.1 Å². The fourth-order valence-corrected chi connectivity index (χ4v) is 3.35. The molecule has 1 heterocycles. The highest BCUT2D eigenvalue weighted by Crippen LogP contribution is 2.20. The number of benzene rings is 2. The Kier molecular flexibility index (Phi) is 7.50. The van der Waals surface area contributed by atoms with E-state index in [1.54, 1.807) is 4.90 Å². The van der Waals surface area contributed by atoms with Crippen LogP contribution in [0.3, 0.4) is 0 Å². The highest BCUT2D eigenvalue weighted by molar-refractivity contribution is 5.81. The third-order valence-electron chi connectivity index (χ3n) is 4.99. The lowest BCUT2D eigenvalue weighted by atomic mass is 9.97. The summed E-state index contributed by atoms with van der Waals surface area (Å²) in [5, 5.41) is 3.17. The Morgan fingerprint density at radius 3 is 2.55 bits per heavy atom. The summed E-state index contributed by atoms with van der Waals surface area (Å²) >= 11 is 0. The highest BCUT2D eigenvalue weighted by atomic mass is 16.5. The number of amides is 1. The third kappa shape index (κ3) is 6.24. The largest absolute Gasteiger partial charge is 0.489 e. The molecule has 6 heteroatoms. The van der Waals surface area contributed by atoms with E-state index in [0.29, 0.717) is 39.1 Å². The lowest BCUT2D eigenvalue weighted by Crippen LogP contribution is -2.43. The van der Waals surface area contributed by atoms with E-state index in [4.69, 9.17) is 9.47 Å². The number of anilines is 1.